The normalized spacial score (nSPS) is 11.5. The Bertz CT molecular complexity index is 848. The van der Waals surface area contributed by atoms with Gasteiger partial charge in [-0.25, -0.2) is 4.79 Å². The molecule has 106 valence electrons. The monoisotopic (exact) mass is 283 g/mol. The number of aliphatic carboxylic acids is 1. The van der Waals surface area contributed by atoms with Crippen LogP contribution in [-0.4, -0.2) is 22.7 Å². The second-order valence-corrected chi connectivity index (χ2v) is 4.44. The summed E-state index contributed by atoms with van der Waals surface area (Å²) in [6, 6.07) is 5.44. The van der Waals surface area contributed by atoms with Gasteiger partial charge in [0.1, 0.15) is 0 Å². The molecule has 0 radical (unpaired) electrons. The van der Waals surface area contributed by atoms with Gasteiger partial charge in [-0.15, -0.1) is 0 Å². The van der Waals surface area contributed by atoms with E-state index in [1.165, 1.54) is 0 Å². The first-order valence-electron chi connectivity index (χ1n) is 6.53. The van der Waals surface area contributed by atoms with Crippen molar-refractivity contribution >= 4 is 34.0 Å². The van der Waals surface area contributed by atoms with Gasteiger partial charge in [-0.2, -0.15) is 0 Å². The van der Waals surface area contributed by atoms with E-state index < -0.39 is 5.97 Å². The van der Waals surface area contributed by atoms with E-state index >= 15 is 0 Å². The minimum Gasteiger partial charge on any atom is -0.490 e. The van der Waals surface area contributed by atoms with Gasteiger partial charge in [0.25, 0.3) is 0 Å². The maximum atomic E-state index is 10.7. The zero-order valence-corrected chi connectivity index (χ0v) is 11.4. The lowest BCUT2D eigenvalue weighted by molar-refractivity contribution is -0.131. The maximum Gasteiger partial charge on any atom is 0.328 e. The molecule has 21 heavy (non-hydrogen) atoms. The van der Waals surface area contributed by atoms with E-state index in [1.54, 1.807) is 24.5 Å². The highest BCUT2D eigenvalue weighted by Gasteiger charge is 2.14. The molecule has 5 nitrogen and oxygen atoms in total. The number of pyridine rings is 1. The van der Waals surface area contributed by atoms with Crippen LogP contribution >= 0.6 is 0 Å². The average Bonchev–Trinajstić information content (AvgIpc) is 2.86. The van der Waals surface area contributed by atoms with E-state index in [2.05, 4.69) is 4.98 Å². The standard InChI is InChI=1S/C16H13NO4/c1-2-20-12-5-3-10(4-6-14(18)19)15-11-7-8-17-9-13(11)21-16(12)15/h3-9H,2H2,1H3,(H,18,19)/b6-4+. The summed E-state index contributed by atoms with van der Waals surface area (Å²) < 4.78 is 11.4. The largest absolute Gasteiger partial charge is 0.490 e. The molecule has 0 spiro atoms. The van der Waals surface area contributed by atoms with Crippen molar-refractivity contribution in [2.24, 2.45) is 0 Å². The van der Waals surface area contributed by atoms with Crippen LogP contribution in [0.25, 0.3) is 28.0 Å². The quantitative estimate of drug-likeness (QED) is 0.742. The van der Waals surface area contributed by atoms with Crippen molar-refractivity contribution in [3.63, 3.8) is 0 Å². The van der Waals surface area contributed by atoms with Crippen LogP contribution in [-0.2, 0) is 4.79 Å². The van der Waals surface area contributed by atoms with Gasteiger partial charge in [0.05, 0.1) is 12.8 Å². The summed E-state index contributed by atoms with van der Waals surface area (Å²) in [6.07, 6.45) is 5.97. The van der Waals surface area contributed by atoms with E-state index in [1.807, 2.05) is 19.1 Å². The Morgan fingerprint density at radius 2 is 2.29 bits per heavy atom. The first kappa shape index (κ1) is 13.2. The third-order valence-corrected chi connectivity index (χ3v) is 3.12. The fraction of sp³-hybridized carbons (Fsp3) is 0.125. The van der Waals surface area contributed by atoms with Crippen LogP contribution in [0.2, 0.25) is 0 Å². The molecule has 3 rings (SSSR count). The highest BCUT2D eigenvalue weighted by Crippen LogP contribution is 2.37. The van der Waals surface area contributed by atoms with E-state index in [0.29, 0.717) is 23.5 Å². The molecule has 2 heterocycles. The Morgan fingerprint density at radius 1 is 1.43 bits per heavy atom. The second-order valence-electron chi connectivity index (χ2n) is 4.44. The predicted octanol–water partition coefficient (Wildman–Crippen LogP) is 3.48. The third kappa shape index (κ3) is 2.33. The molecule has 0 bridgehead atoms. The Labute approximate surface area is 120 Å². The Morgan fingerprint density at radius 3 is 3.05 bits per heavy atom. The summed E-state index contributed by atoms with van der Waals surface area (Å²) in [4.78, 5) is 14.8. The zero-order valence-electron chi connectivity index (χ0n) is 11.4. The molecule has 0 amide bonds. The van der Waals surface area contributed by atoms with Crippen molar-refractivity contribution in [1.29, 1.82) is 0 Å². The molecule has 0 atom stereocenters. The summed E-state index contributed by atoms with van der Waals surface area (Å²) in [7, 11) is 0. The number of carboxylic acids is 1. The van der Waals surface area contributed by atoms with Gasteiger partial charge < -0.3 is 14.3 Å². The summed E-state index contributed by atoms with van der Waals surface area (Å²) in [6.45, 7) is 2.42. The van der Waals surface area contributed by atoms with Crippen LogP contribution in [0.15, 0.2) is 41.1 Å². The molecule has 0 aliphatic carbocycles. The Hall–Kier alpha value is -2.82. The minimum absolute atomic E-state index is 0.523. The molecule has 0 unspecified atom stereocenters. The zero-order chi connectivity index (χ0) is 14.8. The lowest BCUT2D eigenvalue weighted by Crippen LogP contribution is -1.92. The van der Waals surface area contributed by atoms with Crippen LogP contribution in [0.3, 0.4) is 0 Å². The highest BCUT2D eigenvalue weighted by atomic mass is 16.5. The fourth-order valence-electron chi connectivity index (χ4n) is 2.30. The molecule has 1 aromatic carbocycles. The SMILES string of the molecule is CCOc1ccc(/C=C/C(=O)O)c2c1oc1cnccc12. The number of furan rings is 1. The van der Waals surface area contributed by atoms with Crippen LogP contribution in [0.4, 0.5) is 0 Å². The van der Waals surface area contributed by atoms with Crippen molar-refractivity contribution in [2.75, 3.05) is 6.61 Å². The van der Waals surface area contributed by atoms with Crippen LogP contribution in [0.1, 0.15) is 12.5 Å². The smallest absolute Gasteiger partial charge is 0.328 e. The van der Waals surface area contributed by atoms with Gasteiger partial charge in [0, 0.05) is 23.0 Å². The van der Waals surface area contributed by atoms with E-state index in [0.717, 1.165) is 22.4 Å². The van der Waals surface area contributed by atoms with Gasteiger partial charge in [0.2, 0.25) is 0 Å². The minimum atomic E-state index is -0.994. The summed E-state index contributed by atoms with van der Waals surface area (Å²) in [5.41, 5.74) is 2.01. The highest BCUT2D eigenvalue weighted by molar-refractivity contribution is 6.11. The third-order valence-electron chi connectivity index (χ3n) is 3.12. The molecule has 5 heteroatoms. The fourth-order valence-corrected chi connectivity index (χ4v) is 2.30. The number of nitrogens with zero attached hydrogens (tertiary/aromatic N) is 1. The first-order valence-corrected chi connectivity index (χ1v) is 6.53. The van der Waals surface area contributed by atoms with Gasteiger partial charge in [0.15, 0.2) is 16.9 Å². The Kier molecular flexibility index (Phi) is 3.31. The molecule has 1 N–H and O–H groups in total. The number of benzene rings is 1. The van der Waals surface area contributed by atoms with Crippen molar-refractivity contribution in [2.45, 2.75) is 6.92 Å². The topological polar surface area (TPSA) is 72.6 Å². The van der Waals surface area contributed by atoms with Crippen LogP contribution in [0.5, 0.6) is 5.75 Å². The van der Waals surface area contributed by atoms with Crippen molar-refractivity contribution in [3.05, 3.63) is 42.2 Å². The Balaban J connectivity index is 2.33. The summed E-state index contributed by atoms with van der Waals surface area (Å²) >= 11 is 0. The average molecular weight is 283 g/mol. The van der Waals surface area contributed by atoms with E-state index in [9.17, 15) is 4.79 Å². The summed E-state index contributed by atoms with van der Waals surface area (Å²) in [5.74, 6) is -0.359. The van der Waals surface area contributed by atoms with E-state index in [4.69, 9.17) is 14.3 Å². The number of carbonyl (C=O) groups is 1. The lowest BCUT2D eigenvalue weighted by Gasteiger charge is -2.05. The van der Waals surface area contributed by atoms with Crippen LogP contribution in [0, 0.1) is 0 Å². The number of hydrogen-bond acceptors (Lipinski definition) is 4. The number of hydrogen-bond donors (Lipinski definition) is 1. The number of ether oxygens (including phenoxy) is 1. The maximum absolute atomic E-state index is 10.7. The van der Waals surface area contributed by atoms with Gasteiger partial charge >= 0.3 is 5.97 Å². The molecular formula is C16H13NO4. The van der Waals surface area contributed by atoms with Gasteiger partial charge in [-0.05, 0) is 30.7 Å². The number of fused-ring (bicyclic) bond motifs is 3. The van der Waals surface area contributed by atoms with Crippen LogP contribution < -0.4 is 4.74 Å². The molecule has 0 saturated heterocycles. The molecule has 0 aliphatic heterocycles. The molecule has 3 aromatic rings. The summed E-state index contributed by atoms with van der Waals surface area (Å²) in [5, 5.41) is 10.5. The predicted molar refractivity (Wildman–Crippen MR) is 79.4 cm³/mol. The van der Waals surface area contributed by atoms with Gasteiger partial charge in [-0.1, -0.05) is 6.07 Å². The molecule has 0 aliphatic rings. The molecule has 2 aromatic heterocycles. The number of rotatable bonds is 4. The van der Waals surface area contributed by atoms with Gasteiger partial charge in [-0.3, -0.25) is 4.98 Å². The molecule has 0 saturated carbocycles. The lowest BCUT2D eigenvalue weighted by atomic mass is 10.1. The first-order chi connectivity index (χ1) is 10.2. The van der Waals surface area contributed by atoms with Crippen molar-refractivity contribution < 1.29 is 19.1 Å². The number of aromatic nitrogens is 1. The molecule has 0 fully saturated rings. The van der Waals surface area contributed by atoms with Crippen molar-refractivity contribution in [3.8, 4) is 5.75 Å². The second kappa shape index (κ2) is 5.28. The number of carboxylic acid groups (broad SMARTS) is 1. The van der Waals surface area contributed by atoms with E-state index in [-0.39, 0.29) is 0 Å². The molecular weight excluding hydrogens is 270 g/mol. The van der Waals surface area contributed by atoms with Crippen molar-refractivity contribution in [1.82, 2.24) is 4.98 Å².